The quantitative estimate of drug-likeness (QED) is 0.703. The molecule has 3 rings (SSSR count). The maximum Gasteiger partial charge on any atom is 0.571 e. The Hall–Kier alpha value is -2.60. The lowest BCUT2D eigenvalue weighted by Gasteiger charge is -2.15. The maximum absolute atomic E-state index is 12.9. The Kier molecular flexibility index (Phi) is 5.19. The van der Waals surface area contributed by atoms with Crippen molar-refractivity contribution in [2.45, 2.75) is 12.3 Å². The van der Waals surface area contributed by atoms with Crippen LogP contribution < -0.4 is 11.2 Å². The van der Waals surface area contributed by atoms with E-state index in [0.29, 0.717) is 5.56 Å². The number of hydrogen-bond donors (Lipinski definition) is 1. The normalized spacial score (nSPS) is 12.1. The van der Waals surface area contributed by atoms with Gasteiger partial charge in [-0.1, -0.05) is 42.5 Å². The fourth-order valence-electron chi connectivity index (χ4n) is 2.93. The molecule has 126 valence electrons. The van der Waals surface area contributed by atoms with Gasteiger partial charge < -0.3 is 5.73 Å². The Morgan fingerprint density at radius 1 is 1.12 bits per heavy atom. The van der Waals surface area contributed by atoms with Gasteiger partial charge in [-0.2, -0.15) is 0 Å². The highest BCUT2D eigenvalue weighted by Gasteiger charge is 2.22. The molecule has 1 aromatic heterocycles. The molecule has 0 unspecified atom stereocenters. The van der Waals surface area contributed by atoms with Crippen molar-refractivity contribution in [1.29, 1.82) is 0 Å². The van der Waals surface area contributed by atoms with Crippen LogP contribution in [0.3, 0.4) is 0 Å². The van der Waals surface area contributed by atoms with Gasteiger partial charge in [-0.15, -0.1) is 0 Å². The van der Waals surface area contributed by atoms with Crippen molar-refractivity contribution in [2.24, 2.45) is 5.73 Å². The van der Waals surface area contributed by atoms with E-state index in [4.69, 9.17) is 5.73 Å². The number of carbonyl (C=O) groups excluding carboxylic acids is 1. The minimum atomic E-state index is -2.57. The summed E-state index contributed by atoms with van der Waals surface area (Å²) in [4.78, 5) is 16.7. The lowest BCUT2D eigenvalue weighted by molar-refractivity contribution is -0.119. The summed E-state index contributed by atoms with van der Waals surface area (Å²) in [6.45, 7) is 0.0863. The summed E-state index contributed by atoms with van der Waals surface area (Å²) < 4.78 is 25.8. The smallest absolute Gasteiger partial charge is 0.329 e. The summed E-state index contributed by atoms with van der Waals surface area (Å²) in [7, 11) is -2.57. The van der Waals surface area contributed by atoms with Crippen LogP contribution >= 0.6 is 0 Å². The molecule has 3 nitrogen and oxygen atoms in total. The number of pyridine rings is 1. The molecular weight excluding hydrogens is 321 g/mol. The predicted octanol–water partition coefficient (Wildman–Crippen LogP) is 2.72. The molecule has 1 heterocycles. The summed E-state index contributed by atoms with van der Waals surface area (Å²) in [6.07, 6.45) is 3.67. The van der Waals surface area contributed by atoms with Gasteiger partial charge in [-0.05, 0) is 28.0 Å². The van der Waals surface area contributed by atoms with Crippen LogP contribution in [0.2, 0.25) is 0 Å². The summed E-state index contributed by atoms with van der Waals surface area (Å²) in [5.41, 5.74) is 7.07. The molecule has 2 aromatic carbocycles. The van der Waals surface area contributed by atoms with E-state index in [-0.39, 0.29) is 24.2 Å². The van der Waals surface area contributed by atoms with Crippen LogP contribution in [0.1, 0.15) is 17.0 Å². The summed E-state index contributed by atoms with van der Waals surface area (Å²) in [6, 6.07) is 13.6. The average Bonchev–Trinajstić information content (AvgIpc) is 2.62. The largest absolute Gasteiger partial charge is 0.571 e. The molecule has 0 bridgehead atoms. The molecule has 0 fully saturated rings. The first-order valence-corrected chi connectivity index (χ1v) is 8.02. The molecule has 3 aromatic rings. The molecule has 0 spiro atoms. The number of ketones is 1. The van der Waals surface area contributed by atoms with Crippen molar-refractivity contribution in [2.75, 3.05) is 6.54 Å². The van der Waals surface area contributed by atoms with Crippen molar-refractivity contribution in [3.05, 3.63) is 72.1 Å². The van der Waals surface area contributed by atoms with Crippen LogP contribution in [0.15, 0.2) is 60.9 Å². The van der Waals surface area contributed by atoms with Gasteiger partial charge >= 0.3 is 7.27 Å². The molecule has 0 saturated heterocycles. The van der Waals surface area contributed by atoms with Gasteiger partial charge in [-0.3, -0.25) is 18.4 Å². The molecule has 25 heavy (non-hydrogen) atoms. The van der Waals surface area contributed by atoms with E-state index in [2.05, 4.69) is 4.98 Å². The Balaban J connectivity index is 1.83. The van der Waals surface area contributed by atoms with E-state index in [9.17, 15) is 13.4 Å². The molecule has 2 N–H and O–H groups in total. The number of nitrogens with two attached hydrogens (primary N) is 1. The van der Waals surface area contributed by atoms with E-state index < -0.39 is 13.2 Å². The minimum Gasteiger partial charge on any atom is -0.329 e. The fourth-order valence-corrected chi connectivity index (χ4v) is 2.93. The highest BCUT2D eigenvalue weighted by atomic mass is 19.2. The minimum absolute atomic E-state index is 0.0812. The third kappa shape index (κ3) is 3.91. The molecule has 0 aliphatic rings. The van der Waals surface area contributed by atoms with Gasteiger partial charge in [0.05, 0.1) is 5.92 Å². The summed E-state index contributed by atoms with van der Waals surface area (Å²) in [5.74, 6) is -0.672. The van der Waals surface area contributed by atoms with E-state index in [1.807, 2.05) is 24.3 Å². The number of Topliss-reactive ketones (excluding diaryl/α,β-unsaturated/α-hetero) is 1. The number of halogens is 2. The number of rotatable bonds is 6. The van der Waals surface area contributed by atoms with Crippen LogP contribution in [0, 0.1) is 0 Å². The third-order valence-corrected chi connectivity index (χ3v) is 4.27. The Morgan fingerprint density at radius 3 is 2.72 bits per heavy atom. The van der Waals surface area contributed by atoms with Gasteiger partial charge in [0.1, 0.15) is 5.78 Å². The van der Waals surface area contributed by atoms with E-state index in [1.165, 1.54) is 18.2 Å². The standard InChI is InChI=1S/C19H17BF2N2O/c21-20(22)17-3-1-2-15(10-17)18(11-23)19(25)9-13-4-5-16-12-24-7-6-14(16)8-13/h1-8,10,12,18H,9,11,23H2/t18-/m1/s1. The van der Waals surface area contributed by atoms with Crippen molar-refractivity contribution in [1.82, 2.24) is 4.98 Å². The molecule has 0 saturated carbocycles. The second-order valence-electron chi connectivity index (χ2n) is 5.96. The lowest BCUT2D eigenvalue weighted by atomic mass is 9.82. The number of carbonyl (C=O) groups is 1. The molecule has 0 amide bonds. The number of hydrogen-bond acceptors (Lipinski definition) is 3. The Labute approximate surface area is 145 Å². The zero-order valence-corrected chi connectivity index (χ0v) is 13.5. The highest BCUT2D eigenvalue weighted by molar-refractivity contribution is 6.59. The number of aromatic nitrogens is 1. The Morgan fingerprint density at radius 2 is 1.96 bits per heavy atom. The van der Waals surface area contributed by atoms with Crippen LogP contribution in [-0.2, 0) is 11.2 Å². The van der Waals surface area contributed by atoms with Gasteiger partial charge in [0, 0.05) is 30.7 Å². The number of benzene rings is 2. The first-order valence-electron chi connectivity index (χ1n) is 8.02. The highest BCUT2D eigenvalue weighted by Crippen LogP contribution is 2.20. The van der Waals surface area contributed by atoms with Gasteiger partial charge in [0.2, 0.25) is 0 Å². The topological polar surface area (TPSA) is 56.0 Å². The van der Waals surface area contributed by atoms with E-state index in [0.717, 1.165) is 16.3 Å². The van der Waals surface area contributed by atoms with Crippen molar-refractivity contribution >= 4 is 29.3 Å². The Bertz CT molecular complexity index is 901. The first kappa shape index (κ1) is 17.2. The summed E-state index contributed by atoms with van der Waals surface area (Å²) in [5, 5.41) is 2.00. The van der Waals surface area contributed by atoms with Crippen LogP contribution in [-0.4, -0.2) is 24.6 Å². The van der Waals surface area contributed by atoms with E-state index >= 15 is 0 Å². The fraction of sp³-hybridized carbons (Fsp3) is 0.158. The van der Waals surface area contributed by atoms with Crippen molar-refractivity contribution in [3.63, 3.8) is 0 Å². The van der Waals surface area contributed by atoms with Crippen molar-refractivity contribution in [3.8, 4) is 0 Å². The lowest BCUT2D eigenvalue weighted by Crippen LogP contribution is -2.26. The van der Waals surface area contributed by atoms with Gasteiger partial charge in [0.25, 0.3) is 0 Å². The average molecular weight is 338 g/mol. The van der Waals surface area contributed by atoms with Crippen molar-refractivity contribution < 1.29 is 13.4 Å². The molecule has 6 heteroatoms. The van der Waals surface area contributed by atoms with Crippen LogP contribution in [0.5, 0.6) is 0 Å². The molecule has 0 aliphatic heterocycles. The first-order chi connectivity index (χ1) is 12.1. The second-order valence-corrected chi connectivity index (χ2v) is 5.96. The summed E-state index contributed by atoms with van der Waals surface area (Å²) >= 11 is 0. The maximum atomic E-state index is 12.9. The number of nitrogens with zero attached hydrogens (tertiary/aromatic N) is 1. The monoisotopic (exact) mass is 338 g/mol. The zero-order chi connectivity index (χ0) is 17.8. The van der Waals surface area contributed by atoms with Gasteiger partial charge in [0.15, 0.2) is 0 Å². The zero-order valence-electron chi connectivity index (χ0n) is 13.5. The predicted molar refractivity (Wildman–Crippen MR) is 96.3 cm³/mol. The van der Waals surface area contributed by atoms with E-state index in [1.54, 1.807) is 18.5 Å². The molecule has 0 aliphatic carbocycles. The molecule has 0 radical (unpaired) electrons. The molecular formula is C19H17BF2N2O. The second kappa shape index (κ2) is 7.53. The van der Waals surface area contributed by atoms with Crippen LogP contribution in [0.25, 0.3) is 10.8 Å². The SMILES string of the molecule is NC[C@@H](C(=O)Cc1ccc2cnccc2c1)c1cccc(B(F)F)c1. The van der Waals surface area contributed by atoms with Gasteiger partial charge in [-0.25, -0.2) is 0 Å². The third-order valence-electron chi connectivity index (χ3n) is 4.27. The molecule has 1 atom stereocenters. The van der Waals surface area contributed by atoms with Crippen LogP contribution in [0.4, 0.5) is 8.63 Å². The number of fused-ring (bicyclic) bond motifs is 1.